The molecule has 0 amide bonds. The minimum absolute atomic E-state index is 0.571. The number of unbranched alkanes of at least 4 members (excludes halogenated alkanes) is 2. The summed E-state index contributed by atoms with van der Waals surface area (Å²) in [5.41, 5.74) is 5.65. The van der Waals surface area contributed by atoms with Crippen LogP contribution in [-0.2, 0) is 0 Å². The lowest BCUT2D eigenvalue weighted by Gasteiger charge is -1.94. The molecule has 1 rings (SSSR count). The third kappa shape index (κ3) is 2.35. The van der Waals surface area contributed by atoms with Gasteiger partial charge in [-0.25, -0.2) is 0 Å². The Bertz CT molecular complexity index is 80.6. The molecule has 2 atom stereocenters. The highest BCUT2D eigenvalue weighted by atomic mass is 14.7. The first-order valence-electron chi connectivity index (χ1n) is 4.10. The summed E-state index contributed by atoms with van der Waals surface area (Å²) in [6.45, 7) is 2.24. The van der Waals surface area contributed by atoms with Gasteiger partial charge in [0.05, 0.1) is 0 Å². The van der Waals surface area contributed by atoms with Crippen LogP contribution in [-0.4, -0.2) is 6.04 Å². The summed E-state index contributed by atoms with van der Waals surface area (Å²) in [4.78, 5) is 0. The SMILES string of the molecule is CCCCC[C@H]1CC1N. The fourth-order valence-corrected chi connectivity index (χ4v) is 1.26. The number of rotatable bonds is 4. The maximum absolute atomic E-state index is 5.65. The standard InChI is InChI=1S/C8H17N/c1-2-3-4-5-7-6-8(7)9/h7-8H,2-6,9H2,1H3/t7-,8?/m0/s1. The van der Waals surface area contributed by atoms with Crippen molar-refractivity contribution in [1.29, 1.82) is 0 Å². The predicted molar refractivity (Wildman–Crippen MR) is 40.2 cm³/mol. The second kappa shape index (κ2) is 3.21. The van der Waals surface area contributed by atoms with Crippen molar-refractivity contribution in [3.05, 3.63) is 0 Å². The molecule has 0 aromatic carbocycles. The van der Waals surface area contributed by atoms with Crippen LogP contribution in [0.15, 0.2) is 0 Å². The molecule has 9 heavy (non-hydrogen) atoms. The number of hydrogen-bond donors (Lipinski definition) is 1. The molecule has 1 nitrogen and oxygen atoms in total. The van der Waals surface area contributed by atoms with E-state index in [0.717, 1.165) is 5.92 Å². The van der Waals surface area contributed by atoms with E-state index in [1.807, 2.05) is 0 Å². The van der Waals surface area contributed by atoms with Crippen LogP contribution in [0, 0.1) is 5.92 Å². The van der Waals surface area contributed by atoms with Crippen molar-refractivity contribution in [2.75, 3.05) is 0 Å². The van der Waals surface area contributed by atoms with E-state index in [9.17, 15) is 0 Å². The zero-order valence-electron chi connectivity index (χ0n) is 6.27. The molecular weight excluding hydrogens is 110 g/mol. The summed E-state index contributed by atoms with van der Waals surface area (Å²) < 4.78 is 0. The van der Waals surface area contributed by atoms with Crippen LogP contribution in [0.4, 0.5) is 0 Å². The van der Waals surface area contributed by atoms with Gasteiger partial charge in [-0.1, -0.05) is 26.2 Å². The topological polar surface area (TPSA) is 26.0 Å². The Morgan fingerprint density at radius 1 is 1.44 bits per heavy atom. The summed E-state index contributed by atoms with van der Waals surface area (Å²) in [5.74, 6) is 0.900. The van der Waals surface area contributed by atoms with Crippen LogP contribution in [0.25, 0.3) is 0 Å². The van der Waals surface area contributed by atoms with Gasteiger partial charge in [0, 0.05) is 6.04 Å². The van der Waals surface area contributed by atoms with Crippen molar-refractivity contribution in [2.45, 2.75) is 45.1 Å². The molecule has 1 aliphatic carbocycles. The molecule has 0 bridgehead atoms. The molecule has 1 saturated carbocycles. The first-order chi connectivity index (χ1) is 4.34. The lowest BCUT2D eigenvalue weighted by atomic mass is 10.1. The van der Waals surface area contributed by atoms with Crippen molar-refractivity contribution >= 4 is 0 Å². The first kappa shape index (κ1) is 7.07. The third-order valence-corrected chi connectivity index (χ3v) is 2.16. The van der Waals surface area contributed by atoms with Gasteiger partial charge in [0.1, 0.15) is 0 Å². The smallest absolute Gasteiger partial charge is 0.00709 e. The molecule has 0 aromatic heterocycles. The van der Waals surface area contributed by atoms with Crippen LogP contribution in [0.3, 0.4) is 0 Å². The van der Waals surface area contributed by atoms with Gasteiger partial charge in [0.15, 0.2) is 0 Å². The molecule has 0 saturated heterocycles. The van der Waals surface area contributed by atoms with Gasteiger partial charge in [0.2, 0.25) is 0 Å². The maximum Gasteiger partial charge on any atom is 0.00709 e. The minimum Gasteiger partial charge on any atom is -0.327 e. The van der Waals surface area contributed by atoms with Crippen LogP contribution >= 0.6 is 0 Å². The molecule has 2 N–H and O–H groups in total. The van der Waals surface area contributed by atoms with Gasteiger partial charge >= 0.3 is 0 Å². The van der Waals surface area contributed by atoms with E-state index < -0.39 is 0 Å². The van der Waals surface area contributed by atoms with Crippen LogP contribution in [0.5, 0.6) is 0 Å². The largest absolute Gasteiger partial charge is 0.327 e. The third-order valence-electron chi connectivity index (χ3n) is 2.16. The van der Waals surface area contributed by atoms with E-state index in [-0.39, 0.29) is 0 Å². The van der Waals surface area contributed by atoms with Crippen molar-refractivity contribution in [3.63, 3.8) is 0 Å². The van der Waals surface area contributed by atoms with Crippen LogP contribution in [0.1, 0.15) is 39.0 Å². The first-order valence-corrected chi connectivity index (χ1v) is 4.10. The van der Waals surface area contributed by atoms with Gasteiger partial charge in [-0.3, -0.25) is 0 Å². The van der Waals surface area contributed by atoms with E-state index in [1.54, 1.807) is 0 Å². The highest BCUT2D eigenvalue weighted by molar-refractivity contribution is 4.89. The Balaban J connectivity index is 1.83. The molecule has 0 spiro atoms. The fraction of sp³-hybridized carbons (Fsp3) is 1.00. The predicted octanol–water partition coefficient (Wildman–Crippen LogP) is 1.91. The number of nitrogens with two attached hydrogens (primary N) is 1. The Labute approximate surface area is 57.6 Å². The van der Waals surface area contributed by atoms with E-state index in [1.165, 1.54) is 32.1 Å². The van der Waals surface area contributed by atoms with E-state index in [4.69, 9.17) is 5.73 Å². The Morgan fingerprint density at radius 2 is 2.11 bits per heavy atom. The minimum atomic E-state index is 0.571. The van der Waals surface area contributed by atoms with Gasteiger partial charge in [-0.05, 0) is 18.8 Å². The highest BCUT2D eigenvalue weighted by Gasteiger charge is 2.31. The van der Waals surface area contributed by atoms with Gasteiger partial charge in [0.25, 0.3) is 0 Å². The molecule has 0 aliphatic heterocycles. The van der Waals surface area contributed by atoms with Crippen molar-refractivity contribution in [1.82, 2.24) is 0 Å². The second-order valence-corrected chi connectivity index (χ2v) is 3.16. The zero-order valence-corrected chi connectivity index (χ0v) is 6.27. The quantitative estimate of drug-likeness (QED) is 0.574. The molecule has 0 aromatic rings. The lowest BCUT2D eigenvalue weighted by Crippen LogP contribution is -2.01. The molecule has 1 unspecified atom stereocenters. The summed E-state index contributed by atoms with van der Waals surface area (Å²) in [7, 11) is 0. The van der Waals surface area contributed by atoms with Crippen molar-refractivity contribution in [2.24, 2.45) is 11.7 Å². The highest BCUT2D eigenvalue weighted by Crippen LogP contribution is 2.32. The summed E-state index contributed by atoms with van der Waals surface area (Å²) in [6.07, 6.45) is 6.80. The Kier molecular flexibility index (Phi) is 2.52. The average molecular weight is 127 g/mol. The molecule has 0 radical (unpaired) electrons. The van der Waals surface area contributed by atoms with Crippen LogP contribution in [0.2, 0.25) is 0 Å². The molecular formula is C8H17N. The molecule has 1 heteroatoms. The van der Waals surface area contributed by atoms with Gasteiger partial charge in [-0.15, -0.1) is 0 Å². The van der Waals surface area contributed by atoms with Crippen LogP contribution < -0.4 is 5.73 Å². The summed E-state index contributed by atoms with van der Waals surface area (Å²) in [6, 6.07) is 0.571. The molecule has 1 fully saturated rings. The fourth-order valence-electron chi connectivity index (χ4n) is 1.26. The maximum atomic E-state index is 5.65. The molecule has 1 aliphatic rings. The Hall–Kier alpha value is -0.0400. The zero-order chi connectivity index (χ0) is 6.69. The molecule has 54 valence electrons. The van der Waals surface area contributed by atoms with E-state index in [2.05, 4.69) is 6.92 Å². The number of hydrogen-bond acceptors (Lipinski definition) is 1. The second-order valence-electron chi connectivity index (χ2n) is 3.16. The van der Waals surface area contributed by atoms with E-state index >= 15 is 0 Å². The van der Waals surface area contributed by atoms with Gasteiger partial charge in [-0.2, -0.15) is 0 Å². The average Bonchev–Trinajstić information content (AvgIpc) is 2.48. The monoisotopic (exact) mass is 127 g/mol. The normalized spacial score (nSPS) is 32.7. The summed E-state index contributed by atoms with van der Waals surface area (Å²) >= 11 is 0. The summed E-state index contributed by atoms with van der Waals surface area (Å²) in [5, 5.41) is 0. The van der Waals surface area contributed by atoms with E-state index in [0.29, 0.717) is 6.04 Å². The lowest BCUT2D eigenvalue weighted by molar-refractivity contribution is 0.608. The van der Waals surface area contributed by atoms with Crippen molar-refractivity contribution < 1.29 is 0 Å². The van der Waals surface area contributed by atoms with Gasteiger partial charge < -0.3 is 5.73 Å². The Morgan fingerprint density at radius 3 is 2.56 bits per heavy atom. The van der Waals surface area contributed by atoms with Crippen molar-refractivity contribution in [3.8, 4) is 0 Å². The molecule has 0 heterocycles.